The number of fused-ring (bicyclic) bond motifs is 6. The van der Waals surface area contributed by atoms with Crippen LogP contribution < -0.4 is 11.3 Å². The highest BCUT2D eigenvalue weighted by atomic mass is 16.4. The number of hydrogen-bond acceptors (Lipinski definition) is 4. The Hall–Kier alpha value is -4.90. The summed E-state index contributed by atoms with van der Waals surface area (Å²) in [5.74, 6) is 0. The first-order valence-corrected chi connectivity index (χ1v) is 11.7. The van der Waals surface area contributed by atoms with Gasteiger partial charge in [-0.05, 0) is 35.0 Å². The van der Waals surface area contributed by atoms with E-state index in [4.69, 9.17) is 8.83 Å². The van der Waals surface area contributed by atoms with Crippen LogP contribution in [0.5, 0.6) is 0 Å². The van der Waals surface area contributed by atoms with Crippen LogP contribution in [0.3, 0.4) is 0 Å². The quantitative estimate of drug-likeness (QED) is 0.205. The molecule has 0 saturated carbocycles. The molecule has 0 N–H and O–H groups in total. The van der Waals surface area contributed by atoms with Gasteiger partial charge in [0.05, 0.1) is 22.5 Å². The molecule has 0 amide bonds. The van der Waals surface area contributed by atoms with Gasteiger partial charge in [0.15, 0.2) is 0 Å². The van der Waals surface area contributed by atoms with Crippen molar-refractivity contribution in [1.29, 1.82) is 0 Å². The van der Waals surface area contributed by atoms with Gasteiger partial charge in [-0.3, -0.25) is 0 Å². The van der Waals surface area contributed by atoms with Gasteiger partial charge in [0.1, 0.15) is 11.2 Å². The minimum absolute atomic E-state index is 0.427. The highest BCUT2D eigenvalue weighted by Crippen LogP contribution is 2.31. The van der Waals surface area contributed by atoms with E-state index in [2.05, 4.69) is 0 Å². The molecule has 5 heteroatoms. The number of aromatic nitrogens is 1. The van der Waals surface area contributed by atoms with Crippen molar-refractivity contribution in [2.45, 2.75) is 0 Å². The van der Waals surface area contributed by atoms with E-state index in [1.54, 1.807) is 0 Å². The highest BCUT2D eigenvalue weighted by molar-refractivity contribution is 6.05. The van der Waals surface area contributed by atoms with Crippen molar-refractivity contribution in [1.82, 2.24) is 4.57 Å². The normalized spacial score (nSPS) is 11.7. The van der Waals surface area contributed by atoms with Crippen molar-refractivity contribution < 1.29 is 8.83 Å². The molecular formula is C31H19NO4. The molecule has 0 unspecified atom stereocenters. The first-order valence-electron chi connectivity index (χ1n) is 11.7. The lowest BCUT2D eigenvalue weighted by Crippen LogP contribution is -2.09. The van der Waals surface area contributed by atoms with Gasteiger partial charge >= 0.3 is 11.3 Å². The van der Waals surface area contributed by atoms with Gasteiger partial charge in [0.25, 0.3) is 0 Å². The van der Waals surface area contributed by atoms with Crippen LogP contribution >= 0.6 is 0 Å². The molecule has 0 aliphatic carbocycles. The molecule has 36 heavy (non-hydrogen) atoms. The average Bonchev–Trinajstić information content (AvgIpc) is 3.28. The summed E-state index contributed by atoms with van der Waals surface area (Å²) in [6.45, 7) is 0. The Morgan fingerprint density at radius 1 is 0.528 bits per heavy atom. The van der Waals surface area contributed by atoms with Crippen LogP contribution in [0.15, 0.2) is 115 Å². The molecule has 0 radical (unpaired) electrons. The molecule has 7 aromatic rings. The summed E-state index contributed by atoms with van der Waals surface area (Å²) in [4.78, 5) is 26.2. The zero-order valence-corrected chi connectivity index (χ0v) is 19.3. The molecule has 0 bridgehead atoms. The van der Waals surface area contributed by atoms with E-state index in [9.17, 15) is 9.59 Å². The molecule has 0 atom stereocenters. The van der Waals surface area contributed by atoms with Crippen molar-refractivity contribution >= 4 is 43.5 Å². The van der Waals surface area contributed by atoms with Gasteiger partial charge in [-0.2, -0.15) is 0 Å². The van der Waals surface area contributed by atoms with Gasteiger partial charge < -0.3 is 13.4 Å². The Morgan fingerprint density at radius 2 is 0.944 bits per heavy atom. The van der Waals surface area contributed by atoms with Crippen molar-refractivity contribution in [3.8, 4) is 22.5 Å². The van der Waals surface area contributed by atoms with Crippen LogP contribution in [-0.4, -0.2) is 4.57 Å². The maximum atomic E-state index is 13.1. The fourth-order valence-electron chi connectivity index (χ4n) is 5.11. The molecule has 0 spiro atoms. The van der Waals surface area contributed by atoms with E-state index < -0.39 is 11.3 Å². The maximum absolute atomic E-state index is 13.1. The Morgan fingerprint density at radius 3 is 1.42 bits per heavy atom. The molecule has 0 fully saturated rings. The van der Waals surface area contributed by atoms with E-state index in [0.29, 0.717) is 33.7 Å². The van der Waals surface area contributed by atoms with Crippen LogP contribution in [-0.2, 0) is 7.05 Å². The van der Waals surface area contributed by atoms with Crippen molar-refractivity contribution in [3.05, 3.63) is 118 Å². The summed E-state index contributed by atoms with van der Waals surface area (Å²) in [5.41, 5.74) is 2.47. The van der Waals surface area contributed by atoms with Crippen LogP contribution in [0.4, 0.5) is 0 Å². The van der Waals surface area contributed by atoms with Gasteiger partial charge in [-0.25, -0.2) is 9.59 Å². The SMILES string of the molecule is Cn1c(-c2cc3ccc4ccccc4c3oc2=O)ccc1-c1cc2ccc3ccccc3c2oc1=O. The summed E-state index contributed by atoms with van der Waals surface area (Å²) in [5, 5.41) is 5.49. The van der Waals surface area contributed by atoms with Gasteiger partial charge in [-0.15, -0.1) is 0 Å². The Balaban J connectivity index is 1.40. The fourth-order valence-corrected chi connectivity index (χ4v) is 5.11. The molecule has 5 nitrogen and oxygen atoms in total. The maximum Gasteiger partial charge on any atom is 0.345 e. The molecule has 7 rings (SSSR count). The summed E-state index contributed by atoms with van der Waals surface area (Å²) in [6, 6.07) is 30.9. The van der Waals surface area contributed by atoms with Crippen LogP contribution in [0.25, 0.3) is 66.0 Å². The van der Waals surface area contributed by atoms with E-state index in [0.717, 1.165) is 32.3 Å². The molecular weight excluding hydrogens is 450 g/mol. The third kappa shape index (κ3) is 2.96. The van der Waals surface area contributed by atoms with E-state index >= 15 is 0 Å². The lowest BCUT2D eigenvalue weighted by Gasteiger charge is -2.09. The average molecular weight is 469 g/mol. The van der Waals surface area contributed by atoms with Gasteiger partial charge in [-0.1, -0.05) is 72.8 Å². The third-order valence-corrected chi connectivity index (χ3v) is 6.92. The number of rotatable bonds is 2. The Labute approximate surface area is 204 Å². The predicted octanol–water partition coefficient (Wildman–Crippen LogP) is 6.88. The first-order chi connectivity index (χ1) is 17.6. The van der Waals surface area contributed by atoms with Crippen molar-refractivity contribution in [2.75, 3.05) is 0 Å². The lowest BCUT2D eigenvalue weighted by molar-refractivity contribution is 0.565. The highest BCUT2D eigenvalue weighted by Gasteiger charge is 2.18. The molecule has 0 saturated heterocycles. The summed E-state index contributed by atoms with van der Waals surface area (Å²) < 4.78 is 13.4. The standard InChI is InChI=1S/C31H19NO4/c1-32-26(24-16-20-12-10-18-6-2-4-8-22(18)28(20)35-30(24)33)14-15-27(32)25-17-21-13-11-19-7-3-5-9-23(19)29(21)36-31(25)34/h2-17H,1H3. The van der Waals surface area contributed by atoms with Crippen LogP contribution in [0, 0.1) is 0 Å². The van der Waals surface area contributed by atoms with E-state index in [1.807, 2.05) is 109 Å². The van der Waals surface area contributed by atoms with Crippen LogP contribution in [0.2, 0.25) is 0 Å². The largest absolute Gasteiger partial charge is 0.422 e. The molecule has 0 aliphatic rings. The smallest absolute Gasteiger partial charge is 0.345 e. The fraction of sp³-hybridized carbons (Fsp3) is 0.0323. The summed E-state index contributed by atoms with van der Waals surface area (Å²) in [7, 11) is 1.83. The molecule has 172 valence electrons. The monoisotopic (exact) mass is 469 g/mol. The minimum atomic E-state index is -0.427. The third-order valence-electron chi connectivity index (χ3n) is 6.92. The van der Waals surface area contributed by atoms with Crippen LogP contribution in [0.1, 0.15) is 0 Å². The van der Waals surface area contributed by atoms with Crippen molar-refractivity contribution in [2.24, 2.45) is 7.05 Å². The second-order valence-electron chi connectivity index (χ2n) is 8.97. The molecule has 3 heterocycles. The second kappa shape index (κ2) is 7.55. The lowest BCUT2D eigenvalue weighted by atomic mass is 10.1. The predicted molar refractivity (Wildman–Crippen MR) is 143 cm³/mol. The van der Waals surface area contributed by atoms with Gasteiger partial charge in [0.2, 0.25) is 0 Å². The molecule has 3 aromatic heterocycles. The number of nitrogens with zero attached hydrogens (tertiary/aromatic N) is 1. The van der Waals surface area contributed by atoms with Crippen molar-refractivity contribution in [3.63, 3.8) is 0 Å². The first kappa shape index (κ1) is 20.5. The number of hydrogen-bond donors (Lipinski definition) is 0. The Kier molecular flexibility index (Phi) is 4.29. The number of benzene rings is 4. The zero-order valence-electron chi connectivity index (χ0n) is 19.3. The minimum Gasteiger partial charge on any atom is -0.422 e. The summed E-state index contributed by atoms with van der Waals surface area (Å²) >= 11 is 0. The second-order valence-corrected chi connectivity index (χ2v) is 8.97. The molecule has 0 aliphatic heterocycles. The van der Waals surface area contributed by atoms with E-state index in [-0.39, 0.29) is 0 Å². The molecule has 4 aromatic carbocycles. The Bertz CT molecular complexity index is 1960. The van der Waals surface area contributed by atoms with E-state index in [1.165, 1.54) is 0 Å². The topological polar surface area (TPSA) is 65.3 Å². The summed E-state index contributed by atoms with van der Waals surface area (Å²) in [6.07, 6.45) is 0. The van der Waals surface area contributed by atoms with Gasteiger partial charge in [0, 0.05) is 28.6 Å². The zero-order chi connectivity index (χ0) is 24.4.